The van der Waals surface area contributed by atoms with E-state index >= 15 is 0 Å². The van der Waals surface area contributed by atoms with Crippen molar-refractivity contribution >= 4 is 5.84 Å². The summed E-state index contributed by atoms with van der Waals surface area (Å²) in [6.07, 6.45) is 0.855. The van der Waals surface area contributed by atoms with Gasteiger partial charge in [0.05, 0.1) is 6.54 Å². The highest BCUT2D eigenvalue weighted by atomic mass is 16.3. The van der Waals surface area contributed by atoms with E-state index < -0.39 is 0 Å². The average molecular weight is 168 g/mol. The Balaban J connectivity index is 2.67. The first kappa shape index (κ1) is 9.10. The van der Waals surface area contributed by atoms with Gasteiger partial charge in [0.2, 0.25) is 0 Å². The summed E-state index contributed by atoms with van der Waals surface area (Å²) in [5.41, 5.74) is 0.986. The molecule has 0 aromatic heterocycles. The molecule has 1 aliphatic rings. The summed E-state index contributed by atoms with van der Waals surface area (Å²) >= 11 is 0. The van der Waals surface area contributed by atoms with Crippen LogP contribution in [0.1, 0.15) is 27.2 Å². The molecule has 0 bridgehead atoms. The van der Waals surface area contributed by atoms with Crippen molar-refractivity contribution in [3.05, 3.63) is 11.5 Å². The molecule has 0 unspecified atom stereocenters. The van der Waals surface area contributed by atoms with E-state index in [9.17, 15) is 5.11 Å². The van der Waals surface area contributed by atoms with Gasteiger partial charge in [-0.05, 0) is 6.42 Å². The number of aliphatic hydroxyl groups excluding tert-OH is 1. The van der Waals surface area contributed by atoms with Crippen molar-refractivity contribution in [3.63, 3.8) is 0 Å². The second-order valence-corrected chi connectivity index (χ2v) is 3.29. The van der Waals surface area contributed by atoms with E-state index in [1.165, 1.54) is 0 Å². The van der Waals surface area contributed by atoms with Gasteiger partial charge in [0.15, 0.2) is 5.88 Å². The molecule has 0 fully saturated rings. The molecule has 0 atom stereocenters. The second kappa shape index (κ2) is 3.61. The molecule has 0 amide bonds. The van der Waals surface area contributed by atoms with Gasteiger partial charge in [0, 0.05) is 11.5 Å². The molecular weight excluding hydrogens is 152 g/mol. The van der Waals surface area contributed by atoms with E-state index in [4.69, 9.17) is 0 Å². The van der Waals surface area contributed by atoms with Crippen LogP contribution in [0.5, 0.6) is 0 Å². The summed E-state index contributed by atoms with van der Waals surface area (Å²) in [5, 5.41) is 12.4. The number of amidine groups is 1. The van der Waals surface area contributed by atoms with Gasteiger partial charge < -0.3 is 10.4 Å². The van der Waals surface area contributed by atoms with Gasteiger partial charge in [0.25, 0.3) is 0 Å². The van der Waals surface area contributed by atoms with Crippen LogP contribution >= 0.6 is 0 Å². The minimum Gasteiger partial charge on any atom is -0.495 e. The smallest absolute Gasteiger partial charge is 0.190 e. The molecule has 12 heavy (non-hydrogen) atoms. The monoisotopic (exact) mass is 168 g/mol. The fraction of sp³-hybridized carbons (Fsp3) is 0.667. The molecule has 0 aromatic carbocycles. The first-order chi connectivity index (χ1) is 5.65. The summed E-state index contributed by atoms with van der Waals surface area (Å²) < 4.78 is 0. The molecule has 0 saturated heterocycles. The largest absolute Gasteiger partial charge is 0.495 e. The zero-order valence-corrected chi connectivity index (χ0v) is 7.89. The third-order valence-electron chi connectivity index (χ3n) is 2.00. The molecule has 0 radical (unpaired) electrons. The lowest BCUT2D eigenvalue weighted by atomic mass is 10.1. The topological polar surface area (TPSA) is 44.6 Å². The first-order valence-electron chi connectivity index (χ1n) is 4.37. The second-order valence-electron chi connectivity index (χ2n) is 3.29. The Kier molecular flexibility index (Phi) is 2.74. The fourth-order valence-corrected chi connectivity index (χ4v) is 1.11. The maximum Gasteiger partial charge on any atom is 0.190 e. The van der Waals surface area contributed by atoms with Gasteiger partial charge in [-0.3, -0.25) is 4.99 Å². The third-order valence-corrected chi connectivity index (χ3v) is 2.00. The molecule has 3 nitrogen and oxygen atoms in total. The van der Waals surface area contributed by atoms with Gasteiger partial charge in [-0.25, -0.2) is 0 Å². The summed E-state index contributed by atoms with van der Waals surface area (Å²) in [5.74, 6) is 1.53. The summed E-state index contributed by atoms with van der Waals surface area (Å²) in [7, 11) is 0. The zero-order chi connectivity index (χ0) is 9.14. The quantitative estimate of drug-likeness (QED) is 0.660. The average Bonchev–Trinajstić information content (AvgIpc) is 2.04. The number of nitrogens with one attached hydrogen (secondary N) is 1. The maximum atomic E-state index is 9.48. The number of aliphatic imine (C=N–C) groups is 1. The predicted octanol–water partition coefficient (Wildman–Crippen LogP) is 1.82. The molecule has 0 aromatic rings. The SMILES string of the molecule is CCC1=C(O)NC(C(C)C)=NC1. The van der Waals surface area contributed by atoms with E-state index in [1.807, 2.05) is 6.92 Å². The van der Waals surface area contributed by atoms with Crippen molar-refractivity contribution in [1.82, 2.24) is 5.32 Å². The summed E-state index contributed by atoms with van der Waals surface area (Å²) in [6.45, 7) is 6.76. The standard InChI is InChI=1S/C9H16N2O/c1-4-7-5-10-8(6(2)3)11-9(7)12/h6,12H,4-5H2,1-3H3,(H,10,11). The van der Waals surface area contributed by atoms with Crippen molar-refractivity contribution in [2.45, 2.75) is 27.2 Å². The van der Waals surface area contributed by atoms with Crippen LogP contribution in [0.15, 0.2) is 16.4 Å². The normalized spacial score (nSPS) is 17.8. The van der Waals surface area contributed by atoms with Crippen molar-refractivity contribution in [3.8, 4) is 0 Å². The molecule has 1 rings (SSSR count). The lowest BCUT2D eigenvalue weighted by molar-refractivity contribution is 0.371. The van der Waals surface area contributed by atoms with Gasteiger partial charge in [0.1, 0.15) is 5.84 Å². The van der Waals surface area contributed by atoms with E-state index in [0.717, 1.165) is 17.8 Å². The molecule has 0 aliphatic carbocycles. The number of nitrogens with zero attached hydrogens (tertiary/aromatic N) is 1. The van der Waals surface area contributed by atoms with Gasteiger partial charge >= 0.3 is 0 Å². The Morgan fingerprint density at radius 1 is 1.58 bits per heavy atom. The van der Waals surface area contributed by atoms with E-state index in [1.54, 1.807) is 0 Å². The van der Waals surface area contributed by atoms with Crippen LogP contribution in [-0.2, 0) is 0 Å². The number of hydrogen-bond acceptors (Lipinski definition) is 3. The summed E-state index contributed by atoms with van der Waals surface area (Å²) in [6, 6.07) is 0. The van der Waals surface area contributed by atoms with Crippen LogP contribution in [-0.4, -0.2) is 17.5 Å². The Bertz CT molecular complexity index is 229. The van der Waals surface area contributed by atoms with E-state index in [0.29, 0.717) is 18.3 Å². The van der Waals surface area contributed by atoms with Crippen LogP contribution in [0.2, 0.25) is 0 Å². The van der Waals surface area contributed by atoms with E-state index in [2.05, 4.69) is 24.2 Å². The van der Waals surface area contributed by atoms with Crippen molar-refractivity contribution in [2.24, 2.45) is 10.9 Å². The maximum absolute atomic E-state index is 9.48. The van der Waals surface area contributed by atoms with Crippen LogP contribution in [0.3, 0.4) is 0 Å². The zero-order valence-electron chi connectivity index (χ0n) is 7.89. The van der Waals surface area contributed by atoms with Crippen molar-refractivity contribution in [2.75, 3.05) is 6.54 Å². The molecule has 0 spiro atoms. The Morgan fingerprint density at radius 2 is 2.25 bits per heavy atom. The molecule has 1 heterocycles. The van der Waals surface area contributed by atoms with Gasteiger partial charge in [-0.1, -0.05) is 20.8 Å². The Hall–Kier alpha value is -0.990. The molecule has 68 valence electrons. The van der Waals surface area contributed by atoms with Crippen LogP contribution in [0.25, 0.3) is 0 Å². The molecule has 0 saturated carbocycles. The fourth-order valence-electron chi connectivity index (χ4n) is 1.11. The molecular formula is C9H16N2O. The van der Waals surface area contributed by atoms with E-state index in [-0.39, 0.29) is 0 Å². The molecule has 2 N–H and O–H groups in total. The highest BCUT2D eigenvalue weighted by molar-refractivity contribution is 5.86. The minimum atomic E-state index is 0.302. The van der Waals surface area contributed by atoms with Crippen LogP contribution < -0.4 is 5.32 Å². The number of aliphatic hydroxyl groups is 1. The van der Waals surface area contributed by atoms with Gasteiger partial charge in [-0.15, -0.1) is 0 Å². The highest BCUT2D eigenvalue weighted by Crippen LogP contribution is 2.11. The molecule has 3 heteroatoms. The third kappa shape index (κ3) is 1.78. The Labute approximate surface area is 73.2 Å². The lowest BCUT2D eigenvalue weighted by Crippen LogP contribution is -2.32. The highest BCUT2D eigenvalue weighted by Gasteiger charge is 2.14. The number of hydrogen-bond donors (Lipinski definition) is 2. The Morgan fingerprint density at radius 3 is 2.67 bits per heavy atom. The van der Waals surface area contributed by atoms with Crippen molar-refractivity contribution < 1.29 is 5.11 Å². The summed E-state index contributed by atoms with van der Waals surface area (Å²) in [4.78, 5) is 4.32. The van der Waals surface area contributed by atoms with Crippen LogP contribution in [0, 0.1) is 5.92 Å². The number of rotatable bonds is 2. The minimum absolute atomic E-state index is 0.302. The van der Waals surface area contributed by atoms with Crippen LogP contribution in [0.4, 0.5) is 0 Å². The lowest BCUT2D eigenvalue weighted by Gasteiger charge is -2.19. The van der Waals surface area contributed by atoms with Crippen molar-refractivity contribution in [1.29, 1.82) is 0 Å². The van der Waals surface area contributed by atoms with Gasteiger partial charge in [-0.2, -0.15) is 0 Å². The molecule has 1 aliphatic heterocycles. The predicted molar refractivity (Wildman–Crippen MR) is 50.2 cm³/mol. The first-order valence-corrected chi connectivity index (χ1v) is 4.37.